The van der Waals surface area contributed by atoms with Crippen LogP contribution < -0.4 is 16.0 Å². The van der Waals surface area contributed by atoms with Crippen molar-refractivity contribution in [3.63, 3.8) is 0 Å². The van der Waals surface area contributed by atoms with Crippen LogP contribution in [0.3, 0.4) is 0 Å². The van der Waals surface area contributed by atoms with Crippen LogP contribution in [0.4, 0.5) is 0 Å². The summed E-state index contributed by atoms with van der Waals surface area (Å²) in [5.41, 5.74) is 1.16. The first-order chi connectivity index (χ1) is 17.7. The topological polar surface area (TPSA) is 118 Å². The average Bonchev–Trinajstić information content (AvgIpc) is 2.86. The number of halogens is 2. The predicted molar refractivity (Wildman–Crippen MR) is 138 cm³/mol. The van der Waals surface area contributed by atoms with Crippen molar-refractivity contribution in [2.75, 3.05) is 0 Å². The van der Waals surface area contributed by atoms with Gasteiger partial charge in [0.1, 0.15) is 17.7 Å². The van der Waals surface area contributed by atoms with Crippen LogP contribution in [0.5, 0.6) is 17.2 Å². The average molecular weight is 539 g/mol. The maximum Gasteiger partial charge on any atom is 0.349 e. The molecule has 1 unspecified atom stereocenters. The first kappa shape index (κ1) is 24.6. The zero-order valence-corrected chi connectivity index (χ0v) is 21.0. The number of phenols is 1. The van der Waals surface area contributed by atoms with E-state index < -0.39 is 11.2 Å². The number of phenolic OH excluding ortho intramolecular Hbond substituents is 1. The van der Waals surface area contributed by atoms with Gasteiger partial charge in [0.2, 0.25) is 0 Å². The van der Waals surface area contributed by atoms with Crippen LogP contribution in [0.1, 0.15) is 28.4 Å². The minimum atomic E-state index is -0.760. The third-order valence-electron chi connectivity index (χ3n) is 6.13. The van der Waals surface area contributed by atoms with Crippen molar-refractivity contribution < 1.29 is 14.6 Å². The number of hydrogen-bond acceptors (Lipinski definition) is 6. The van der Waals surface area contributed by atoms with Crippen LogP contribution in [0.25, 0.3) is 5.69 Å². The number of ether oxygens (including phenoxy) is 1. The summed E-state index contributed by atoms with van der Waals surface area (Å²) in [5, 5.41) is 14.4. The molecular formula is C26H20Cl2N4O5. The van der Waals surface area contributed by atoms with Gasteiger partial charge in [-0.05, 0) is 54.8 Å². The highest BCUT2D eigenvalue weighted by Crippen LogP contribution is 2.39. The summed E-state index contributed by atoms with van der Waals surface area (Å²) >= 11 is 12.8. The van der Waals surface area contributed by atoms with Crippen LogP contribution >= 0.6 is 23.2 Å². The second kappa shape index (κ2) is 9.76. The van der Waals surface area contributed by atoms with Crippen molar-refractivity contribution in [1.29, 1.82) is 0 Å². The minimum absolute atomic E-state index is 0.0598. The van der Waals surface area contributed by atoms with Gasteiger partial charge in [0.05, 0.1) is 21.3 Å². The number of aromatic hydroxyl groups is 1. The number of amides is 1. The molecule has 1 aliphatic heterocycles. The monoisotopic (exact) mass is 538 g/mol. The molecule has 3 aromatic carbocycles. The van der Waals surface area contributed by atoms with Crippen LogP contribution in [0, 0.1) is 0 Å². The van der Waals surface area contributed by atoms with E-state index >= 15 is 0 Å². The van der Waals surface area contributed by atoms with E-state index in [0.717, 1.165) is 16.4 Å². The molecule has 188 valence electrons. The summed E-state index contributed by atoms with van der Waals surface area (Å²) in [4.78, 5) is 40.6. The minimum Gasteiger partial charge on any atom is -0.507 e. The molecule has 5 rings (SSSR count). The fourth-order valence-corrected chi connectivity index (χ4v) is 4.83. The van der Waals surface area contributed by atoms with E-state index in [2.05, 4.69) is 16.1 Å². The van der Waals surface area contributed by atoms with Crippen molar-refractivity contribution in [1.82, 2.24) is 19.7 Å². The Labute approximate surface area is 220 Å². The number of H-pyrrole nitrogens is 1. The Morgan fingerprint density at radius 3 is 2.49 bits per heavy atom. The van der Waals surface area contributed by atoms with Gasteiger partial charge < -0.3 is 14.7 Å². The standard InChI is InChI=1S/C26H20Cl2N4O5/c1-14-8-15-4-2-3-5-16(15)13-31(14)25(35)19-11-18(6-7-22(19)33)37-24-20(27)9-17(10-21(24)28)32-26(36)30-23(34)12-29-32/h2-7,9-12,14,33H,8,13H2,1H3,(H,30,34,36). The van der Waals surface area contributed by atoms with Gasteiger partial charge in [0.15, 0.2) is 5.75 Å². The first-order valence-corrected chi connectivity index (χ1v) is 12.0. The number of carbonyl (C=O) groups excluding carboxylic acids is 1. The van der Waals surface area contributed by atoms with E-state index in [0.29, 0.717) is 13.0 Å². The molecule has 1 amide bonds. The first-order valence-electron chi connectivity index (χ1n) is 11.3. The van der Waals surface area contributed by atoms with E-state index in [1.54, 1.807) is 4.90 Å². The Morgan fingerprint density at radius 2 is 1.78 bits per heavy atom. The zero-order valence-electron chi connectivity index (χ0n) is 19.4. The third-order valence-corrected chi connectivity index (χ3v) is 6.69. The summed E-state index contributed by atoms with van der Waals surface area (Å²) in [6.45, 7) is 2.40. The fourth-order valence-electron chi connectivity index (χ4n) is 4.28. The molecule has 1 atom stereocenters. The fraction of sp³-hybridized carbons (Fsp3) is 0.154. The molecule has 0 aliphatic carbocycles. The van der Waals surface area contributed by atoms with Crippen LogP contribution in [0.15, 0.2) is 70.4 Å². The maximum absolute atomic E-state index is 13.4. The van der Waals surface area contributed by atoms with E-state index in [-0.39, 0.29) is 50.5 Å². The molecule has 0 spiro atoms. The van der Waals surface area contributed by atoms with Crippen molar-refractivity contribution >= 4 is 29.1 Å². The van der Waals surface area contributed by atoms with Crippen LogP contribution in [-0.2, 0) is 13.0 Å². The lowest BCUT2D eigenvalue weighted by Crippen LogP contribution is -2.42. The summed E-state index contributed by atoms with van der Waals surface area (Å²) in [6, 6.07) is 15.0. The SMILES string of the molecule is CC1Cc2ccccc2CN1C(=O)c1cc(Oc2c(Cl)cc(-n3ncc(=O)[nH]c3=O)cc2Cl)ccc1O. The lowest BCUT2D eigenvalue weighted by molar-refractivity contribution is 0.0655. The van der Waals surface area contributed by atoms with E-state index in [1.807, 2.05) is 25.1 Å². The molecular weight excluding hydrogens is 519 g/mol. The van der Waals surface area contributed by atoms with Gasteiger partial charge in [-0.15, -0.1) is 0 Å². The molecule has 0 fully saturated rings. The molecule has 11 heteroatoms. The Bertz CT molecular complexity index is 1630. The number of hydrogen-bond donors (Lipinski definition) is 2. The molecule has 37 heavy (non-hydrogen) atoms. The normalized spacial score (nSPS) is 14.8. The van der Waals surface area contributed by atoms with Crippen LogP contribution in [-0.4, -0.2) is 36.7 Å². The largest absolute Gasteiger partial charge is 0.507 e. The number of aromatic amines is 1. The summed E-state index contributed by atoms with van der Waals surface area (Å²) < 4.78 is 6.81. The lowest BCUT2D eigenvalue weighted by atomic mass is 9.94. The van der Waals surface area contributed by atoms with Crippen LogP contribution in [0.2, 0.25) is 10.0 Å². The number of nitrogens with one attached hydrogen (secondary N) is 1. The predicted octanol–water partition coefficient (Wildman–Crippen LogP) is 4.31. The van der Waals surface area contributed by atoms with E-state index in [1.165, 1.54) is 35.9 Å². The molecule has 2 heterocycles. The van der Waals surface area contributed by atoms with Crippen molar-refractivity contribution in [3.8, 4) is 22.9 Å². The number of aromatic nitrogens is 3. The number of carbonyl (C=O) groups is 1. The van der Waals surface area contributed by atoms with E-state index in [4.69, 9.17) is 27.9 Å². The molecule has 0 saturated heterocycles. The highest BCUT2D eigenvalue weighted by atomic mass is 35.5. The number of rotatable bonds is 4. The van der Waals surface area contributed by atoms with Crippen molar-refractivity contribution in [2.24, 2.45) is 0 Å². The summed E-state index contributed by atoms with van der Waals surface area (Å²) in [6.07, 6.45) is 1.66. The molecule has 0 saturated carbocycles. The molecule has 1 aromatic heterocycles. The molecule has 1 aliphatic rings. The van der Waals surface area contributed by atoms with Gasteiger partial charge in [0, 0.05) is 12.6 Å². The summed E-state index contributed by atoms with van der Waals surface area (Å²) in [5.74, 6) is -0.212. The second-order valence-electron chi connectivity index (χ2n) is 8.63. The number of benzene rings is 3. The van der Waals surface area contributed by atoms with Gasteiger partial charge in [-0.25, -0.2) is 4.79 Å². The second-order valence-corrected chi connectivity index (χ2v) is 9.44. The van der Waals surface area contributed by atoms with E-state index in [9.17, 15) is 19.5 Å². The molecule has 0 radical (unpaired) electrons. The molecule has 4 aromatic rings. The quantitative estimate of drug-likeness (QED) is 0.399. The van der Waals surface area contributed by atoms with Gasteiger partial charge in [-0.1, -0.05) is 47.5 Å². The lowest BCUT2D eigenvalue weighted by Gasteiger charge is -2.35. The highest BCUT2D eigenvalue weighted by molar-refractivity contribution is 6.37. The van der Waals surface area contributed by atoms with Gasteiger partial charge >= 0.3 is 5.69 Å². The molecule has 2 N–H and O–H groups in total. The Hall–Kier alpha value is -4.08. The molecule has 0 bridgehead atoms. The third kappa shape index (κ3) is 4.83. The maximum atomic E-state index is 13.4. The van der Waals surface area contributed by atoms with Crippen molar-refractivity contribution in [2.45, 2.75) is 25.9 Å². The van der Waals surface area contributed by atoms with Gasteiger partial charge in [-0.3, -0.25) is 14.6 Å². The van der Waals surface area contributed by atoms with Crippen molar-refractivity contribution in [3.05, 3.63) is 108 Å². The Morgan fingerprint density at radius 1 is 1.08 bits per heavy atom. The zero-order chi connectivity index (χ0) is 26.3. The Kier molecular flexibility index (Phi) is 6.49. The molecule has 9 nitrogen and oxygen atoms in total. The highest BCUT2D eigenvalue weighted by Gasteiger charge is 2.29. The number of fused-ring (bicyclic) bond motifs is 1. The van der Waals surface area contributed by atoms with Gasteiger partial charge in [0.25, 0.3) is 11.5 Å². The smallest absolute Gasteiger partial charge is 0.349 e. The summed E-state index contributed by atoms with van der Waals surface area (Å²) in [7, 11) is 0. The Balaban J connectivity index is 1.43. The van der Waals surface area contributed by atoms with Gasteiger partial charge in [-0.2, -0.15) is 9.78 Å². The number of nitrogens with zero attached hydrogens (tertiary/aromatic N) is 3.